The van der Waals surface area contributed by atoms with Crippen LogP contribution >= 0.6 is 0 Å². The van der Waals surface area contributed by atoms with Gasteiger partial charge in [-0.3, -0.25) is 14.5 Å². The number of aliphatic hydroxyl groups excluding tert-OH is 1. The van der Waals surface area contributed by atoms with Gasteiger partial charge in [0.05, 0.1) is 0 Å². The van der Waals surface area contributed by atoms with Crippen LogP contribution in [0.5, 0.6) is 0 Å². The molecule has 0 aliphatic carbocycles. The van der Waals surface area contributed by atoms with Gasteiger partial charge in [-0.15, -0.1) is 0 Å². The number of nitrogens with zero attached hydrogens (tertiary/aromatic N) is 1. The maximum Gasteiger partial charge on any atom is 0.260 e. The van der Waals surface area contributed by atoms with Gasteiger partial charge in [0.15, 0.2) is 0 Å². The lowest BCUT2D eigenvalue weighted by Crippen LogP contribution is -2.25. The highest BCUT2D eigenvalue weighted by Gasteiger charge is 2.14. The van der Waals surface area contributed by atoms with Crippen molar-refractivity contribution in [1.29, 1.82) is 0 Å². The molecule has 0 unspecified atom stereocenters. The molecule has 0 fully saturated rings. The minimum atomic E-state index is -0.278. The normalized spacial score (nSPS) is 9.47. The van der Waals surface area contributed by atoms with E-state index < -0.39 is 0 Å². The largest absolute Gasteiger partial charge is 0.400 e. The van der Waals surface area contributed by atoms with Crippen LogP contribution in [0.25, 0.3) is 10.8 Å². The monoisotopic (exact) mass is 259 g/mol. The van der Waals surface area contributed by atoms with Crippen molar-refractivity contribution in [2.45, 2.75) is 6.92 Å². The third kappa shape index (κ3) is 2.98. The van der Waals surface area contributed by atoms with E-state index in [0.29, 0.717) is 12.0 Å². The summed E-state index contributed by atoms with van der Waals surface area (Å²) in [5, 5.41) is 8.92. The quantitative estimate of drug-likeness (QED) is 0.839. The van der Waals surface area contributed by atoms with Gasteiger partial charge >= 0.3 is 0 Å². The minimum Gasteiger partial charge on any atom is -0.400 e. The fourth-order valence-corrected chi connectivity index (χ4v) is 1.94. The Morgan fingerprint density at radius 1 is 1.16 bits per heavy atom. The second-order valence-electron chi connectivity index (χ2n) is 4.00. The van der Waals surface area contributed by atoms with Crippen molar-refractivity contribution in [2.24, 2.45) is 0 Å². The molecule has 1 N–H and O–H groups in total. The fraction of sp³-hybridized carbons (Fsp3) is 0.200. The Hall–Kier alpha value is -2.20. The number of imide groups is 1. The molecule has 2 aromatic rings. The molecule has 0 bridgehead atoms. The third-order valence-corrected chi connectivity index (χ3v) is 2.82. The Morgan fingerprint density at radius 3 is 2.32 bits per heavy atom. The molecule has 4 nitrogen and oxygen atoms in total. The van der Waals surface area contributed by atoms with Crippen molar-refractivity contribution in [2.75, 3.05) is 14.2 Å². The number of carbonyl (C=O) groups excluding carboxylic acids is 2. The Balaban J connectivity index is 0.000000861. The Labute approximate surface area is 112 Å². The van der Waals surface area contributed by atoms with E-state index in [-0.39, 0.29) is 5.91 Å². The number of carbonyl (C=O) groups is 2. The molecule has 0 saturated heterocycles. The van der Waals surface area contributed by atoms with Crippen LogP contribution in [0.3, 0.4) is 0 Å². The molecule has 4 heteroatoms. The minimum absolute atomic E-state index is 0.278. The van der Waals surface area contributed by atoms with Crippen LogP contribution in [0.4, 0.5) is 0 Å². The van der Waals surface area contributed by atoms with Crippen LogP contribution in [0.1, 0.15) is 15.9 Å². The van der Waals surface area contributed by atoms with Gasteiger partial charge in [0.25, 0.3) is 5.91 Å². The van der Waals surface area contributed by atoms with Crippen molar-refractivity contribution in [3.8, 4) is 0 Å². The van der Waals surface area contributed by atoms with Crippen LogP contribution in [0.15, 0.2) is 36.4 Å². The first-order valence-corrected chi connectivity index (χ1v) is 5.80. The first kappa shape index (κ1) is 14.9. The van der Waals surface area contributed by atoms with E-state index in [1.165, 1.54) is 7.05 Å². The van der Waals surface area contributed by atoms with Crippen molar-refractivity contribution < 1.29 is 14.7 Å². The van der Waals surface area contributed by atoms with Crippen LogP contribution < -0.4 is 0 Å². The second-order valence-corrected chi connectivity index (χ2v) is 4.00. The van der Waals surface area contributed by atoms with Crippen molar-refractivity contribution in [3.63, 3.8) is 0 Å². The highest BCUT2D eigenvalue weighted by atomic mass is 16.2. The summed E-state index contributed by atoms with van der Waals surface area (Å²) in [4.78, 5) is 23.7. The maximum absolute atomic E-state index is 12.0. The van der Waals surface area contributed by atoms with Gasteiger partial charge < -0.3 is 5.11 Å². The highest BCUT2D eigenvalue weighted by molar-refractivity contribution is 6.10. The zero-order valence-electron chi connectivity index (χ0n) is 11.3. The topological polar surface area (TPSA) is 57.6 Å². The zero-order valence-corrected chi connectivity index (χ0v) is 11.3. The number of benzene rings is 2. The summed E-state index contributed by atoms with van der Waals surface area (Å²) < 4.78 is 0. The number of aryl methyl sites for hydroxylation is 1. The molecule has 0 aliphatic rings. The van der Waals surface area contributed by atoms with Crippen LogP contribution in [-0.4, -0.2) is 36.5 Å². The Kier molecular flexibility index (Phi) is 5.21. The zero-order chi connectivity index (χ0) is 14.4. The number of hydrogen-bond acceptors (Lipinski definition) is 3. The first-order valence-electron chi connectivity index (χ1n) is 5.80. The predicted octanol–water partition coefficient (Wildman–Crippen LogP) is 1.99. The number of fused-ring (bicyclic) bond motifs is 1. The van der Waals surface area contributed by atoms with Gasteiger partial charge in [-0.05, 0) is 29.3 Å². The predicted molar refractivity (Wildman–Crippen MR) is 75.0 cm³/mol. The lowest BCUT2D eigenvalue weighted by Gasteiger charge is -2.12. The van der Waals surface area contributed by atoms with Gasteiger partial charge in [0.2, 0.25) is 6.41 Å². The molecular weight excluding hydrogens is 242 g/mol. The van der Waals surface area contributed by atoms with E-state index in [0.717, 1.165) is 28.3 Å². The van der Waals surface area contributed by atoms with E-state index in [9.17, 15) is 9.59 Å². The van der Waals surface area contributed by atoms with Gasteiger partial charge in [0, 0.05) is 19.7 Å². The van der Waals surface area contributed by atoms with Crippen LogP contribution in [0.2, 0.25) is 0 Å². The summed E-state index contributed by atoms with van der Waals surface area (Å²) in [7, 11) is 2.46. The van der Waals surface area contributed by atoms with E-state index >= 15 is 0 Å². The number of aliphatic hydroxyl groups is 1. The molecule has 2 aromatic carbocycles. The maximum atomic E-state index is 12.0. The van der Waals surface area contributed by atoms with Gasteiger partial charge in [-0.25, -0.2) is 0 Å². The van der Waals surface area contributed by atoms with E-state index in [2.05, 4.69) is 0 Å². The van der Waals surface area contributed by atoms with E-state index in [4.69, 9.17) is 5.11 Å². The summed E-state index contributed by atoms with van der Waals surface area (Å²) >= 11 is 0. The summed E-state index contributed by atoms with van der Waals surface area (Å²) in [6, 6.07) is 11.4. The summed E-state index contributed by atoms with van der Waals surface area (Å²) in [5.74, 6) is -0.278. The van der Waals surface area contributed by atoms with E-state index in [1.807, 2.05) is 37.3 Å². The molecule has 0 aliphatic heterocycles. The van der Waals surface area contributed by atoms with Gasteiger partial charge in [-0.2, -0.15) is 0 Å². The summed E-state index contributed by atoms with van der Waals surface area (Å²) in [6.07, 6.45) is 0.527. The standard InChI is InChI=1S/C14H13NO2.CH4O/c1-10-5-3-6-11-7-4-8-12(13(10)11)14(17)15(2)9-16;1-2/h3-9H,1-2H3;2H,1H3. The number of hydrogen-bond donors (Lipinski definition) is 1. The van der Waals surface area contributed by atoms with Crippen LogP contribution in [-0.2, 0) is 4.79 Å². The molecule has 0 spiro atoms. The van der Waals surface area contributed by atoms with Gasteiger partial charge in [0.1, 0.15) is 0 Å². The molecule has 0 aromatic heterocycles. The van der Waals surface area contributed by atoms with Crippen LogP contribution in [0, 0.1) is 6.92 Å². The molecule has 0 heterocycles. The molecule has 100 valence electrons. The Bertz CT molecular complexity index is 588. The lowest BCUT2D eigenvalue weighted by atomic mass is 9.99. The summed E-state index contributed by atoms with van der Waals surface area (Å²) in [6.45, 7) is 1.96. The molecule has 0 saturated carbocycles. The summed E-state index contributed by atoms with van der Waals surface area (Å²) in [5.41, 5.74) is 1.60. The molecule has 0 radical (unpaired) electrons. The molecule has 0 atom stereocenters. The molecule has 2 rings (SSSR count). The number of amides is 2. The molecular formula is C15H17NO3. The molecule has 2 amide bonds. The SMILES string of the molecule is CO.Cc1cccc2cccc(C(=O)N(C)C=O)c12. The Morgan fingerprint density at radius 2 is 1.74 bits per heavy atom. The lowest BCUT2D eigenvalue weighted by molar-refractivity contribution is -0.115. The fourth-order valence-electron chi connectivity index (χ4n) is 1.94. The third-order valence-electron chi connectivity index (χ3n) is 2.82. The number of rotatable bonds is 2. The average molecular weight is 259 g/mol. The first-order chi connectivity index (χ1) is 9.15. The van der Waals surface area contributed by atoms with E-state index in [1.54, 1.807) is 6.07 Å². The molecule has 19 heavy (non-hydrogen) atoms. The highest BCUT2D eigenvalue weighted by Crippen LogP contribution is 2.23. The van der Waals surface area contributed by atoms with Crippen molar-refractivity contribution in [3.05, 3.63) is 47.5 Å². The van der Waals surface area contributed by atoms with Gasteiger partial charge in [-0.1, -0.05) is 30.3 Å². The van der Waals surface area contributed by atoms with Crippen molar-refractivity contribution >= 4 is 23.1 Å². The van der Waals surface area contributed by atoms with Crippen molar-refractivity contribution in [1.82, 2.24) is 4.90 Å². The average Bonchev–Trinajstić information content (AvgIpc) is 2.47. The second kappa shape index (κ2) is 6.66. The smallest absolute Gasteiger partial charge is 0.260 e.